The van der Waals surface area contributed by atoms with E-state index in [-0.39, 0.29) is 15.4 Å². The van der Waals surface area contributed by atoms with Crippen LogP contribution in [0.2, 0.25) is 0 Å². The summed E-state index contributed by atoms with van der Waals surface area (Å²) in [6.45, 7) is 0. The van der Waals surface area contributed by atoms with Crippen molar-refractivity contribution in [1.82, 2.24) is 0 Å². The second-order valence-corrected chi connectivity index (χ2v) is 5.56. The van der Waals surface area contributed by atoms with Crippen LogP contribution in [0.5, 0.6) is 0 Å². The highest BCUT2D eigenvalue weighted by molar-refractivity contribution is 7.97. The Morgan fingerprint density at radius 3 is 2.59 bits per heavy atom. The number of carboxylic acid groups (broad SMARTS) is 1. The molecule has 0 aromatic heterocycles. The minimum atomic E-state index is -3.44. The molecule has 90 valence electrons. The molecule has 0 unspecified atom stereocenters. The minimum Gasteiger partial charge on any atom is -0.481 e. The number of rotatable bonds is 4. The molecule has 7 heteroatoms. The van der Waals surface area contributed by atoms with Crippen molar-refractivity contribution in [1.29, 1.82) is 0 Å². The van der Waals surface area contributed by atoms with Gasteiger partial charge in [-0.15, -0.1) is 0 Å². The van der Waals surface area contributed by atoms with Crippen molar-refractivity contribution in [3.63, 3.8) is 0 Å². The van der Waals surface area contributed by atoms with Crippen molar-refractivity contribution in [2.24, 2.45) is 5.73 Å². The summed E-state index contributed by atoms with van der Waals surface area (Å²) in [6.07, 6.45) is -0.525. The van der Waals surface area contributed by atoms with Crippen molar-refractivity contribution in [3.8, 4) is 0 Å². The van der Waals surface area contributed by atoms with Crippen LogP contribution >= 0.6 is 0 Å². The summed E-state index contributed by atoms with van der Waals surface area (Å²) in [4.78, 5) is 22.3. The molecule has 1 atom stereocenters. The second kappa shape index (κ2) is 3.64. The molecule has 1 heterocycles. The maximum Gasteiger partial charge on any atom is 0.305 e. The van der Waals surface area contributed by atoms with Crippen LogP contribution in [0.25, 0.3) is 0 Å². The van der Waals surface area contributed by atoms with E-state index in [1.807, 2.05) is 0 Å². The lowest BCUT2D eigenvalue weighted by Crippen LogP contribution is -2.33. The van der Waals surface area contributed by atoms with Gasteiger partial charge in [0.2, 0.25) is 9.84 Å². The van der Waals surface area contributed by atoms with Crippen LogP contribution < -0.4 is 5.73 Å². The second-order valence-electron chi connectivity index (χ2n) is 3.70. The third-order valence-electron chi connectivity index (χ3n) is 2.49. The molecule has 0 radical (unpaired) electrons. The average molecular weight is 255 g/mol. The maximum absolute atomic E-state index is 11.8. The lowest BCUT2D eigenvalue weighted by molar-refractivity contribution is -0.137. The van der Waals surface area contributed by atoms with Crippen LogP contribution in [0.4, 0.5) is 0 Å². The van der Waals surface area contributed by atoms with Gasteiger partial charge in [-0.05, 0) is 12.1 Å². The van der Waals surface area contributed by atoms with Gasteiger partial charge in [-0.2, -0.15) is 0 Å². The predicted octanol–water partition coefficient (Wildman–Crippen LogP) is -0.183. The van der Waals surface area contributed by atoms with Gasteiger partial charge in [-0.1, -0.05) is 6.07 Å². The van der Waals surface area contributed by atoms with Gasteiger partial charge in [0.1, 0.15) is 4.90 Å². The normalized spacial score (nSPS) is 17.0. The van der Waals surface area contributed by atoms with E-state index in [4.69, 9.17) is 10.8 Å². The van der Waals surface area contributed by atoms with Crippen molar-refractivity contribution in [3.05, 3.63) is 23.8 Å². The van der Waals surface area contributed by atoms with E-state index in [2.05, 4.69) is 0 Å². The highest BCUT2D eigenvalue weighted by Crippen LogP contribution is 2.42. The largest absolute Gasteiger partial charge is 0.481 e. The fourth-order valence-electron chi connectivity index (χ4n) is 1.63. The van der Waals surface area contributed by atoms with Gasteiger partial charge < -0.3 is 10.8 Å². The molecular weight excluding hydrogens is 246 g/mol. The summed E-state index contributed by atoms with van der Waals surface area (Å²) >= 11 is 0. The van der Waals surface area contributed by atoms with Gasteiger partial charge >= 0.3 is 5.97 Å². The van der Waals surface area contributed by atoms with Gasteiger partial charge in [0, 0.05) is 5.56 Å². The van der Waals surface area contributed by atoms with E-state index in [0.717, 1.165) is 0 Å². The number of ketones is 1. The van der Waals surface area contributed by atoms with Gasteiger partial charge in [-0.25, -0.2) is 8.42 Å². The Hall–Kier alpha value is -1.73. The standard InChI is InChI=1S/C10H9NO5S/c11-6(4-8(12)13)9(14)5-2-1-3-7-10(5)17(7,15)16/h1-3,6H,4,11H2,(H,12,13)/t6-/m0/s1. The summed E-state index contributed by atoms with van der Waals surface area (Å²) in [5.74, 6) is -1.86. The number of carboxylic acids is 1. The first kappa shape index (κ1) is 11.7. The molecule has 1 aliphatic rings. The molecule has 2 rings (SSSR count). The number of nitrogens with two attached hydrogens (primary N) is 1. The molecule has 0 saturated carbocycles. The highest BCUT2D eigenvalue weighted by atomic mass is 32.2. The van der Waals surface area contributed by atoms with E-state index >= 15 is 0 Å². The number of benzene rings is 1. The molecule has 3 N–H and O–H groups in total. The van der Waals surface area contributed by atoms with Crippen LogP contribution in [0.3, 0.4) is 0 Å². The number of fused-ring (bicyclic) bond motifs is 1. The topological polar surface area (TPSA) is 115 Å². The Balaban J connectivity index is 2.33. The third kappa shape index (κ3) is 1.83. The first-order valence-electron chi connectivity index (χ1n) is 4.75. The SMILES string of the molecule is N[C@@H](CC(=O)O)C(=O)c1cccc2c1S2(=O)=O. The van der Waals surface area contributed by atoms with Gasteiger partial charge in [0.25, 0.3) is 0 Å². The molecule has 1 aromatic carbocycles. The van der Waals surface area contributed by atoms with Crippen LogP contribution in [0, 0.1) is 0 Å². The summed E-state index contributed by atoms with van der Waals surface area (Å²) < 4.78 is 22.8. The summed E-state index contributed by atoms with van der Waals surface area (Å²) in [7, 11) is -3.44. The Bertz CT molecular complexity index is 620. The van der Waals surface area contributed by atoms with Gasteiger partial charge in [0.15, 0.2) is 5.78 Å². The van der Waals surface area contributed by atoms with Crippen LogP contribution in [-0.2, 0) is 14.6 Å². The molecule has 1 aliphatic heterocycles. The number of Topliss-reactive ketones (excluding diaryl/α,β-unsaturated/α-hetero) is 1. The number of aliphatic carboxylic acids is 1. The molecule has 0 amide bonds. The zero-order chi connectivity index (χ0) is 12.8. The Morgan fingerprint density at radius 2 is 2.00 bits per heavy atom. The quantitative estimate of drug-likeness (QED) is 0.578. The molecule has 0 spiro atoms. The van der Waals surface area contributed by atoms with Crippen molar-refractivity contribution in [2.45, 2.75) is 22.3 Å². The highest BCUT2D eigenvalue weighted by Gasteiger charge is 2.43. The molecule has 1 aromatic rings. The molecule has 0 bridgehead atoms. The van der Waals surface area contributed by atoms with Crippen LogP contribution in [0.1, 0.15) is 16.8 Å². The van der Waals surface area contributed by atoms with Crippen molar-refractivity contribution < 1.29 is 23.1 Å². The first-order chi connectivity index (χ1) is 7.85. The van der Waals surface area contributed by atoms with Crippen LogP contribution in [-0.4, -0.2) is 31.3 Å². The number of carbonyl (C=O) groups excluding carboxylic acids is 1. The lowest BCUT2D eigenvalue weighted by atomic mass is 10.0. The van der Waals surface area contributed by atoms with E-state index in [1.54, 1.807) is 0 Å². The Kier molecular flexibility index (Phi) is 2.52. The predicted molar refractivity (Wildman–Crippen MR) is 56.5 cm³/mol. The summed E-state index contributed by atoms with van der Waals surface area (Å²) in [5.41, 5.74) is 5.39. The van der Waals surface area contributed by atoms with Gasteiger partial charge in [0.05, 0.1) is 17.4 Å². The van der Waals surface area contributed by atoms with E-state index in [1.165, 1.54) is 18.2 Å². The number of hydrogen-bond donors (Lipinski definition) is 2. The fraction of sp³-hybridized carbons (Fsp3) is 0.200. The Morgan fingerprint density at radius 1 is 1.35 bits per heavy atom. The number of hydrogen-bond acceptors (Lipinski definition) is 5. The summed E-state index contributed by atoms with van der Waals surface area (Å²) in [5, 5.41) is 8.51. The van der Waals surface area contributed by atoms with Crippen LogP contribution in [0.15, 0.2) is 28.0 Å². The number of carbonyl (C=O) groups is 2. The molecular formula is C10H9NO5S. The van der Waals surface area contributed by atoms with E-state index < -0.39 is 34.1 Å². The smallest absolute Gasteiger partial charge is 0.305 e. The van der Waals surface area contributed by atoms with Crippen molar-refractivity contribution >= 4 is 21.6 Å². The molecule has 0 saturated heterocycles. The zero-order valence-corrected chi connectivity index (χ0v) is 9.40. The van der Waals surface area contributed by atoms with Gasteiger partial charge in [-0.3, -0.25) is 9.59 Å². The Labute approximate surface area is 97.0 Å². The molecule has 6 nitrogen and oxygen atoms in total. The fourth-order valence-corrected chi connectivity index (χ4v) is 3.15. The maximum atomic E-state index is 11.8. The summed E-state index contributed by atoms with van der Waals surface area (Å²) in [6, 6.07) is 2.94. The van der Waals surface area contributed by atoms with E-state index in [9.17, 15) is 18.0 Å². The number of sulfone groups is 1. The van der Waals surface area contributed by atoms with Crippen molar-refractivity contribution in [2.75, 3.05) is 0 Å². The third-order valence-corrected chi connectivity index (χ3v) is 4.18. The average Bonchev–Trinajstić information content (AvgIpc) is 2.80. The molecule has 0 fully saturated rings. The lowest BCUT2D eigenvalue weighted by Gasteiger charge is -2.06. The first-order valence-corrected chi connectivity index (χ1v) is 6.23. The van der Waals surface area contributed by atoms with E-state index in [0.29, 0.717) is 0 Å². The zero-order valence-electron chi connectivity index (χ0n) is 8.58. The minimum absolute atomic E-state index is 0.0174. The molecule has 17 heavy (non-hydrogen) atoms. The monoisotopic (exact) mass is 255 g/mol. The molecule has 0 aliphatic carbocycles.